The van der Waals surface area contributed by atoms with Crippen molar-refractivity contribution in [2.45, 2.75) is 38.3 Å². The minimum absolute atomic E-state index is 0.184. The van der Waals surface area contributed by atoms with Crippen LogP contribution in [0.1, 0.15) is 49.9 Å². The Morgan fingerprint density at radius 3 is 2.27 bits per heavy atom. The van der Waals surface area contributed by atoms with Crippen LogP contribution in [0, 0.1) is 19.8 Å². The number of aromatic nitrogens is 1. The van der Waals surface area contributed by atoms with E-state index >= 15 is 0 Å². The van der Waals surface area contributed by atoms with E-state index in [4.69, 9.17) is 0 Å². The molecule has 0 saturated carbocycles. The average Bonchev–Trinajstić information content (AvgIpc) is 3.45. The van der Waals surface area contributed by atoms with Crippen molar-refractivity contribution >= 4 is 34.4 Å². The van der Waals surface area contributed by atoms with Crippen molar-refractivity contribution in [2.24, 2.45) is 5.92 Å². The number of benzene rings is 3. The molecule has 3 aliphatic heterocycles. The fourth-order valence-corrected chi connectivity index (χ4v) is 7.13. The van der Waals surface area contributed by atoms with Gasteiger partial charge >= 0.3 is 0 Å². The molecule has 3 aliphatic rings. The van der Waals surface area contributed by atoms with Crippen LogP contribution in [0.25, 0.3) is 5.57 Å². The van der Waals surface area contributed by atoms with Crippen LogP contribution in [-0.2, 0) is 10.2 Å². The fraction of sp³-hybridized carbons (Fsp3) is 0.200. The van der Waals surface area contributed by atoms with Crippen molar-refractivity contribution < 1.29 is 14.4 Å². The van der Waals surface area contributed by atoms with Gasteiger partial charge in [-0.05, 0) is 62.2 Å². The molecule has 1 fully saturated rings. The Balaban J connectivity index is 1.56. The number of allylic oxidation sites excluding steroid dienone is 1. The Kier molecular flexibility index (Phi) is 5.58. The third-order valence-electron chi connectivity index (χ3n) is 8.98. The van der Waals surface area contributed by atoms with Crippen molar-refractivity contribution in [3.05, 3.63) is 131 Å². The number of anilines is 2. The second kappa shape index (κ2) is 9.10. The Labute approximate surface area is 238 Å². The van der Waals surface area contributed by atoms with Crippen LogP contribution in [-0.4, -0.2) is 34.5 Å². The Morgan fingerprint density at radius 1 is 0.829 bits per heavy atom. The number of carbonyl (C=O) groups excluding carboxylic acids is 3. The summed E-state index contributed by atoms with van der Waals surface area (Å²) in [4.78, 5) is 50.1. The molecule has 1 N–H and O–H groups in total. The molecule has 6 heteroatoms. The van der Waals surface area contributed by atoms with Crippen LogP contribution in [0.2, 0.25) is 0 Å². The first kappa shape index (κ1) is 25.1. The van der Waals surface area contributed by atoms with E-state index < -0.39 is 23.4 Å². The zero-order valence-corrected chi connectivity index (χ0v) is 23.1. The highest BCUT2D eigenvalue weighted by Gasteiger charge is 2.70. The Morgan fingerprint density at radius 2 is 1.51 bits per heavy atom. The van der Waals surface area contributed by atoms with Gasteiger partial charge in [0.1, 0.15) is 11.5 Å². The molecule has 0 bridgehead atoms. The lowest BCUT2D eigenvalue weighted by Crippen LogP contribution is -2.51. The maximum Gasteiger partial charge on any atom is 0.238 e. The van der Waals surface area contributed by atoms with Crippen LogP contribution in [0.15, 0.2) is 97.3 Å². The Bertz CT molecular complexity index is 1780. The topological polar surface area (TPSA) is 79.4 Å². The van der Waals surface area contributed by atoms with E-state index in [0.29, 0.717) is 16.8 Å². The molecule has 202 valence electrons. The molecule has 7 rings (SSSR count). The summed E-state index contributed by atoms with van der Waals surface area (Å²) in [6.07, 6.45) is 5.23. The third kappa shape index (κ3) is 3.50. The highest BCUT2D eigenvalue weighted by Crippen LogP contribution is 2.58. The number of fused-ring (bicyclic) bond motifs is 6. The molecule has 1 spiro atoms. The highest BCUT2D eigenvalue weighted by molar-refractivity contribution is 6.18. The number of amides is 1. The molecular formula is C35H29N3O3. The van der Waals surface area contributed by atoms with Crippen LogP contribution in [0.4, 0.5) is 11.4 Å². The van der Waals surface area contributed by atoms with Gasteiger partial charge in [0.15, 0.2) is 11.6 Å². The Hall–Kier alpha value is -4.84. The van der Waals surface area contributed by atoms with Gasteiger partial charge in [-0.1, -0.05) is 65.7 Å². The first-order valence-electron chi connectivity index (χ1n) is 13.9. The van der Waals surface area contributed by atoms with Crippen LogP contribution in [0.3, 0.4) is 0 Å². The SMILES string of the molecule is CC1=C[C@@H]2N(c3ccc(C)cc31)[C@H](C(=O)c1ccc(C)cc1)[C@@H](C(=O)c1ccncc1)[C@@]21C(=O)Nc2ccccc21. The number of hydrogen-bond acceptors (Lipinski definition) is 5. The summed E-state index contributed by atoms with van der Waals surface area (Å²) in [6.45, 7) is 6.05. The first-order chi connectivity index (χ1) is 19.8. The van der Waals surface area contributed by atoms with E-state index in [1.165, 1.54) is 0 Å². The predicted octanol–water partition coefficient (Wildman–Crippen LogP) is 5.94. The molecule has 41 heavy (non-hydrogen) atoms. The van der Waals surface area contributed by atoms with Crippen molar-refractivity contribution in [1.82, 2.24) is 4.98 Å². The minimum atomic E-state index is -1.33. The van der Waals surface area contributed by atoms with Crippen LogP contribution < -0.4 is 10.2 Å². The number of hydrogen-bond donors (Lipinski definition) is 1. The summed E-state index contributed by atoms with van der Waals surface area (Å²) in [5.74, 6) is -1.70. The minimum Gasteiger partial charge on any atom is -0.352 e. The molecule has 4 heterocycles. The number of nitrogens with one attached hydrogen (secondary N) is 1. The second-order valence-corrected chi connectivity index (χ2v) is 11.3. The quantitative estimate of drug-likeness (QED) is 0.325. The second-order valence-electron chi connectivity index (χ2n) is 11.3. The van der Waals surface area contributed by atoms with Crippen LogP contribution in [0.5, 0.6) is 0 Å². The van der Waals surface area contributed by atoms with Crippen LogP contribution >= 0.6 is 0 Å². The first-order valence-corrected chi connectivity index (χ1v) is 13.9. The molecule has 1 aromatic heterocycles. The number of nitrogens with zero attached hydrogens (tertiary/aromatic N) is 2. The van der Waals surface area contributed by atoms with Gasteiger partial charge in [0.25, 0.3) is 0 Å². The van der Waals surface area contributed by atoms with E-state index in [0.717, 1.165) is 33.5 Å². The lowest BCUT2D eigenvalue weighted by Gasteiger charge is -2.39. The van der Waals surface area contributed by atoms with Gasteiger partial charge in [0, 0.05) is 40.5 Å². The zero-order valence-electron chi connectivity index (χ0n) is 23.1. The number of rotatable bonds is 4. The van der Waals surface area contributed by atoms with E-state index in [1.807, 2.05) is 81.4 Å². The van der Waals surface area contributed by atoms with Gasteiger partial charge in [-0.15, -0.1) is 0 Å². The molecule has 1 amide bonds. The van der Waals surface area contributed by atoms with Gasteiger partial charge in [-0.25, -0.2) is 0 Å². The van der Waals surface area contributed by atoms with Crippen molar-refractivity contribution in [1.29, 1.82) is 0 Å². The van der Waals surface area contributed by atoms with E-state index in [1.54, 1.807) is 24.5 Å². The highest BCUT2D eigenvalue weighted by atomic mass is 16.2. The molecule has 4 aromatic rings. The van der Waals surface area contributed by atoms with E-state index in [9.17, 15) is 14.4 Å². The molecule has 6 nitrogen and oxygen atoms in total. The van der Waals surface area contributed by atoms with Gasteiger partial charge < -0.3 is 10.2 Å². The number of carbonyl (C=O) groups is 3. The lowest BCUT2D eigenvalue weighted by molar-refractivity contribution is -0.121. The summed E-state index contributed by atoms with van der Waals surface area (Å²) in [5.41, 5.74) is 6.02. The summed E-state index contributed by atoms with van der Waals surface area (Å²) >= 11 is 0. The number of aryl methyl sites for hydroxylation is 2. The number of Topliss-reactive ketones (excluding diaryl/α,β-unsaturated/α-hetero) is 2. The normalized spacial score (nSPS) is 23.9. The standard InChI is InChI=1S/C35H29N3O3/c1-20-8-11-23(12-9-20)33(40)31-30(32(39)24-14-16-36-17-15-24)35(26-6-4-5-7-27(26)37-34(35)41)29-19-22(3)25-18-21(2)10-13-28(25)38(29)31/h4-19,29-31H,1-3H3,(H,37,41)/t29-,30-,31-,35-/m0/s1. The number of para-hydroxylation sites is 1. The van der Waals surface area contributed by atoms with E-state index in [2.05, 4.69) is 27.3 Å². The smallest absolute Gasteiger partial charge is 0.238 e. The molecule has 0 aliphatic carbocycles. The fourth-order valence-electron chi connectivity index (χ4n) is 7.13. The van der Waals surface area contributed by atoms with Gasteiger partial charge in [-0.2, -0.15) is 0 Å². The van der Waals surface area contributed by atoms with Gasteiger partial charge in [0.05, 0.1) is 12.0 Å². The van der Waals surface area contributed by atoms with Gasteiger partial charge in [-0.3, -0.25) is 19.4 Å². The van der Waals surface area contributed by atoms with Crippen molar-refractivity contribution in [2.75, 3.05) is 10.2 Å². The maximum absolute atomic E-state index is 14.7. The maximum atomic E-state index is 14.7. The van der Waals surface area contributed by atoms with Gasteiger partial charge in [0.2, 0.25) is 5.91 Å². The summed E-state index contributed by atoms with van der Waals surface area (Å²) in [5, 5.41) is 3.08. The van der Waals surface area contributed by atoms with E-state index in [-0.39, 0.29) is 17.5 Å². The zero-order chi connectivity index (χ0) is 28.5. The summed E-state index contributed by atoms with van der Waals surface area (Å²) < 4.78 is 0. The summed E-state index contributed by atoms with van der Waals surface area (Å²) in [7, 11) is 0. The lowest BCUT2D eigenvalue weighted by atomic mass is 9.64. The largest absolute Gasteiger partial charge is 0.352 e. The molecule has 0 radical (unpaired) electrons. The third-order valence-corrected chi connectivity index (χ3v) is 8.98. The average molecular weight is 540 g/mol. The van der Waals surface area contributed by atoms with Crippen molar-refractivity contribution in [3.8, 4) is 0 Å². The molecule has 4 atom stereocenters. The molecule has 0 unspecified atom stereocenters. The monoisotopic (exact) mass is 539 g/mol. The number of pyridine rings is 1. The molecular weight excluding hydrogens is 510 g/mol. The van der Waals surface area contributed by atoms with Crippen molar-refractivity contribution in [3.63, 3.8) is 0 Å². The predicted molar refractivity (Wildman–Crippen MR) is 159 cm³/mol. The molecule has 3 aromatic carbocycles. The summed E-state index contributed by atoms with van der Waals surface area (Å²) in [6, 6.07) is 23.0. The molecule has 1 saturated heterocycles. The number of ketones is 2.